The van der Waals surface area contributed by atoms with Gasteiger partial charge in [-0.15, -0.1) is 0 Å². The zero-order valence-corrected chi connectivity index (χ0v) is 11.1. The standard InChI is InChI=1S/C15H15NO4/c1-2-7-19-12-3-5-13(6-4-12)20-14-8-11(15(17)18)9-16-10-14/h3-6,8-10H,2,7H2,1H3,(H,17,18). The van der Waals surface area contributed by atoms with Gasteiger partial charge in [0.2, 0.25) is 0 Å². The molecule has 1 N–H and O–H groups in total. The molecule has 20 heavy (non-hydrogen) atoms. The van der Waals surface area contributed by atoms with Crippen molar-refractivity contribution >= 4 is 5.97 Å². The van der Waals surface area contributed by atoms with Gasteiger partial charge in [0.1, 0.15) is 17.2 Å². The van der Waals surface area contributed by atoms with Crippen LogP contribution in [-0.2, 0) is 0 Å². The fraction of sp³-hybridized carbons (Fsp3) is 0.200. The first-order valence-electron chi connectivity index (χ1n) is 6.28. The molecule has 0 amide bonds. The lowest BCUT2D eigenvalue weighted by Crippen LogP contribution is -1.97. The Kier molecular flexibility index (Phi) is 4.55. The Bertz CT molecular complexity index is 581. The maximum absolute atomic E-state index is 10.8. The van der Waals surface area contributed by atoms with Gasteiger partial charge in [-0.3, -0.25) is 4.98 Å². The number of benzene rings is 1. The van der Waals surface area contributed by atoms with Gasteiger partial charge in [0.25, 0.3) is 0 Å². The van der Waals surface area contributed by atoms with Gasteiger partial charge in [0.15, 0.2) is 0 Å². The summed E-state index contributed by atoms with van der Waals surface area (Å²) in [6.45, 7) is 2.71. The number of rotatable bonds is 6. The fourth-order valence-electron chi connectivity index (χ4n) is 1.55. The van der Waals surface area contributed by atoms with Crippen LogP contribution in [0.3, 0.4) is 0 Å². The smallest absolute Gasteiger partial charge is 0.337 e. The van der Waals surface area contributed by atoms with Crippen LogP contribution in [0.2, 0.25) is 0 Å². The van der Waals surface area contributed by atoms with Crippen LogP contribution in [0.5, 0.6) is 17.2 Å². The molecule has 0 fully saturated rings. The van der Waals surface area contributed by atoms with Crippen molar-refractivity contribution in [2.24, 2.45) is 0 Å². The van der Waals surface area contributed by atoms with Crippen molar-refractivity contribution in [3.05, 3.63) is 48.3 Å². The van der Waals surface area contributed by atoms with Gasteiger partial charge in [-0.1, -0.05) is 6.92 Å². The molecule has 5 heteroatoms. The Hall–Kier alpha value is -2.56. The molecule has 1 aromatic heterocycles. The molecule has 1 aromatic carbocycles. The van der Waals surface area contributed by atoms with Gasteiger partial charge in [0, 0.05) is 6.20 Å². The van der Waals surface area contributed by atoms with Crippen molar-refractivity contribution in [2.75, 3.05) is 6.61 Å². The van der Waals surface area contributed by atoms with Crippen molar-refractivity contribution in [3.63, 3.8) is 0 Å². The predicted molar refractivity (Wildman–Crippen MR) is 73.5 cm³/mol. The monoisotopic (exact) mass is 273 g/mol. The average Bonchev–Trinajstić information content (AvgIpc) is 2.47. The van der Waals surface area contributed by atoms with Crippen molar-refractivity contribution in [1.82, 2.24) is 4.98 Å². The van der Waals surface area contributed by atoms with Crippen LogP contribution in [0.1, 0.15) is 23.7 Å². The zero-order valence-electron chi connectivity index (χ0n) is 11.1. The van der Waals surface area contributed by atoms with E-state index in [1.807, 2.05) is 6.92 Å². The van der Waals surface area contributed by atoms with Crippen molar-refractivity contribution in [1.29, 1.82) is 0 Å². The van der Waals surface area contributed by atoms with E-state index in [4.69, 9.17) is 14.6 Å². The second-order valence-corrected chi connectivity index (χ2v) is 4.14. The van der Waals surface area contributed by atoms with E-state index in [1.165, 1.54) is 18.5 Å². The molecule has 0 aliphatic rings. The molecule has 104 valence electrons. The van der Waals surface area contributed by atoms with E-state index in [-0.39, 0.29) is 5.56 Å². The average molecular weight is 273 g/mol. The third kappa shape index (κ3) is 3.71. The first-order valence-corrected chi connectivity index (χ1v) is 6.28. The molecular weight excluding hydrogens is 258 g/mol. The highest BCUT2D eigenvalue weighted by Crippen LogP contribution is 2.24. The number of pyridine rings is 1. The summed E-state index contributed by atoms with van der Waals surface area (Å²) in [5, 5.41) is 8.88. The quantitative estimate of drug-likeness (QED) is 0.874. The van der Waals surface area contributed by atoms with E-state index in [0.717, 1.165) is 12.2 Å². The summed E-state index contributed by atoms with van der Waals surface area (Å²) >= 11 is 0. The second kappa shape index (κ2) is 6.56. The number of nitrogens with zero attached hydrogens (tertiary/aromatic N) is 1. The molecular formula is C15H15NO4. The minimum Gasteiger partial charge on any atom is -0.494 e. The first kappa shape index (κ1) is 13.9. The number of hydrogen-bond acceptors (Lipinski definition) is 4. The fourth-order valence-corrected chi connectivity index (χ4v) is 1.55. The van der Waals surface area contributed by atoms with Gasteiger partial charge in [-0.25, -0.2) is 4.79 Å². The Balaban J connectivity index is 2.06. The third-order valence-electron chi connectivity index (χ3n) is 2.49. The summed E-state index contributed by atoms with van der Waals surface area (Å²) < 4.78 is 11.0. The summed E-state index contributed by atoms with van der Waals surface area (Å²) in [7, 11) is 0. The zero-order chi connectivity index (χ0) is 14.4. The molecule has 0 unspecified atom stereocenters. The van der Waals surface area contributed by atoms with E-state index in [0.29, 0.717) is 18.1 Å². The van der Waals surface area contributed by atoms with E-state index in [1.54, 1.807) is 24.3 Å². The van der Waals surface area contributed by atoms with Crippen molar-refractivity contribution < 1.29 is 19.4 Å². The molecule has 2 rings (SSSR count). The molecule has 0 spiro atoms. The molecule has 1 heterocycles. The lowest BCUT2D eigenvalue weighted by molar-refractivity contribution is 0.0696. The minimum atomic E-state index is -1.04. The number of ether oxygens (including phenoxy) is 2. The topological polar surface area (TPSA) is 68.7 Å². The van der Waals surface area contributed by atoms with Crippen LogP contribution in [0.4, 0.5) is 0 Å². The van der Waals surface area contributed by atoms with E-state index < -0.39 is 5.97 Å². The molecule has 5 nitrogen and oxygen atoms in total. The number of aromatic nitrogens is 1. The maximum atomic E-state index is 10.8. The van der Waals surface area contributed by atoms with Gasteiger partial charge in [-0.2, -0.15) is 0 Å². The Morgan fingerprint density at radius 1 is 1.15 bits per heavy atom. The number of carboxylic acid groups (broad SMARTS) is 1. The summed E-state index contributed by atoms with van der Waals surface area (Å²) in [5.41, 5.74) is 0.0883. The van der Waals surface area contributed by atoms with Gasteiger partial charge < -0.3 is 14.6 Å². The Labute approximate surface area is 116 Å². The number of hydrogen-bond donors (Lipinski definition) is 1. The molecule has 2 aromatic rings. The molecule has 0 saturated carbocycles. The van der Waals surface area contributed by atoms with Gasteiger partial charge in [0.05, 0.1) is 18.4 Å². The number of aromatic carboxylic acids is 1. The van der Waals surface area contributed by atoms with Crippen LogP contribution in [0.15, 0.2) is 42.7 Å². The van der Waals surface area contributed by atoms with E-state index >= 15 is 0 Å². The van der Waals surface area contributed by atoms with E-state index in [9.17, 15) is 4.79 Å². The predicted octanol–water partition coefficient (Wildman–Crippen LogP) is 3.36. The van der Waals surface area contributed by atoms with Gasteiger partial charge >= 0.3 is 5.97 Å². The van der Waals surface area contributed by atoms with Crippen LogP contribution in [0.25, 0.3) is 0 Å². The molecule has 0 saturated heterocycles. The van der Waals surface area contributed by atoms with Crippen LogP contribution in [0, 0.1) is 0 Å². The lowest BCUT2D eigenvalue weighted by Gasteiger charge is -2.08. The summed E-state index contributed by atoms with van der Waals surface area (Å²) in [6.07, 6.45) is 3.69. The number of carboxylic acids is 1. The van der Waals surface area contributed by atoms with Crippen LogP contribution >= 0.6 is 0 Å². The summed E-state index contributed by atoms with van der Waals surface area (Å²) in [4.78, 5) is 14.7. The maximum Gasteiger partial charge on any atom is 0.337 e. The van der Waals surface area contributed by atoms with E-state index in [2.05, 4.69) is 4.98 Å². The Morgan fingerprint density at radius 3 is 2.50 bits per heavy atom. The van der Waals surface area contributed by atoms with Crippen LogP contribution in [-0.4, -0.2) is 22.7 Å². The van der Waals surface area contributed by atoms with Crippen molar-refractivity contribution in [2.45, 2.75) is 13.3 Å². The molecule has 0 aliphatic heterocycles. The largest absolute Gasteiger partial charge is 0.494 e. The SMILES string of the molecule is CCCOc1ccc(Oc2cncc(C(=O)O)c2)cc1. The summed E-state index contributed by atoms with van der Waals surface area (Å²) in [6, 6.07) is 8.56. The highest BCUT2D eigenvalue weighted by molar-refractivity contribution is 5.87. The second-order valence-electron chi connectivity index (χ2n) is 4.14. The minimum absolute atomic E-state index is 0.0883. The molecule has 0 radical (unpaired) electrons. The third-order valence-corrected chi connectivity index (χ3v) is 2.49. The molecule has 0 bridgehead atoms. The first-order chi connectivity index (χ1) is 9.69. The highest BCUT2D eigenvalue weighted by atomic mass is 16.5. The molecule has 0 aliphatic carbocycles. The highest BCUT2D eigenvalue weighted by Gasteiger charge is 2.05. The molecule has 0 atom stereocenters. The lowest BCUT2D eigenvalue weighted by atomic mass is 10.3. The van der Waals surface area contributed by atoms with Crippen molar-refractivity contribution in [3.8, 4) is 17.2 Å². The Morgan fingerprint density at radius 2 is 1.85 bits per heavy atom. The summed E-state index contributed by atoms with van der Waals surface area (Å²) in [5.74, 6) is 0.716. The van der Waals surface area contributed by atoms with Crippen LogP contribution < -0.4 is 9.47 Å². The number of carbonyl (C=O) groups is 1. The normalized spacial score (nSPS) is 10.1. The van der Waals surface area contributed by atoms with Gasteiger partial charge in [-0.05, 0) is 36.8 Å².